The van der Waals surface area contributed by atoms with Crippen LogP contribution in [0.5, 0.6) is 0 Å². The number of nitrogens with zero attached hydrogens (tertiary/aromatic N) is 1. The average Bonchev–Trinajstić information content (AvgIpc) is 3.17. The Morgan fingerprint density at radius 1 is 1.24 bits per heavy atom. The minimum Gasteiger partial charge on any atom is -0.385 e. The lowest BCUT2D eigenvalue weighted by Crippen LogP contribution is -2.42. The molecular formula is C13H24N2OS. The van der Waals surface area contributed by atoms with Crippen LogP contribution in [0, 0.1) is 11.8 Å². The van der Waals surface area contributed by atoms with Crippen LogP contribution in [0.25, 0.3) is 0 Å². The Labute approximate surface area is 110 Å². The molecule has 0 amide bonds. The van der Waals surface area contributed by atoms with Crippen molar-refractivity contribution in [3.8, 4) is 0 Å². The fraction of sp³-hybridized carbons (Fsp3) is 0.923. The number of nitrogens with one attached hydrogen (secondary N) is 1. The molecule has 0 bridgehead atoms. The molecule has 2 aliphatic carbocycles. The van der Waals surface area contributed by atoms with Crippen molar-refractivity contribution in [3.63, 3.8) is 0 Å². The van der Waals surface area contributed by atoms with E-state index < -0.39 is 0 Å². The highest BCUT2D eigenvalue weighted by atomic mass is 32.1. The monoisotopic (exact) mass is 256 g/mol. The summed E-state index contributed by atoms with van der Waals surface area (Å²) in [6.45, 7) is 4.08. The standard InChI is InChI=1S/C13H24N2OS/c1-16-8-2-7-14-13(17)15(9-11-3-4-11)10-12-5-6-12/h11-12H,2-10H2,1H3,(H,14,17). The van der Waals surface area contributed by atoms with Crippen molar-refractivity contribution in [2.24, 2.45) is 11.8 Å². The smallest absolute Gasteiger partial charge is 0.168 e. The van der Waals surface area contributed by atoms with Gasteiger partial charge in [0.2, 0.25) is 0 Å². The van der Waals surface area contributed by atoms with Gasteiger partial charge in [0.1, 0.15) is 0 Å². The minimum atomic E-state index is 0.806. The van der Waals surface area contributed by atoms with Crippen LogP contribution >= 0.6 is 12.2 Å². The van der Waals surface area contributed by atoms with Crippen molar-refractivity contribution in [2.45, 2.75) is 32.1 Å². The number of thiocarbonyl (C=S) groups is 1. The van der Waals surface area contributed by atoms with E-state index in [2.05, 4.69) is 10.2 Å². The van der Waals surface area contributed by atoms with E-state index in [9.17, 15) is 0 Å². The van der Waals surface area contributed by atoms with E-state index in [1.165, 1.54) is 38.8 Å². The molecule has 0 radical (unpaired) electrons. The Bertz CT molecular complexity index is 238. The molecule has 0 heterocycles. The Balaban J connectivity index is 1.66. The molecule has 17 heavy (non-hydrogen) atoms. The molecule has 2 fully saturated rings. The van der Waals surface area contributed by atoms with Gasteiger partial charge < -0.3 is 15.0 Å². The van der Waals surface area contributed by atoms with E-state index >= 15 is 0 Å². The number of methoxy groups -OCH3 is 1. The number of hydrogen-bond acceptors (Lipinski definition) is 2. The van der Waals surface area contributed by atoms with Crippen LogP contribution in [-0.4, -0.2) is 43.4 Å². The van der Waals surface area contributed by atoms with Gasteiger partial charge in [0.15, 0.2) is 5.11 Å². The molecular weight excluding hydrogens is 232 g/mol. The van der Waals surface area contributed by atoms with Crippen molar-refractivity contribution in [1.82, 2.24) is 10.2 Å². The largest absolute Gasteiger partial charge is 0.385 e. The highest BCUT2D eigenvalue weighted by Crippen LogP contribution is 2.33. The van der Waals surface area contributed by atoms with Gasteiger partial charge in [-0.25, -0.2) is 0 Å². The Morgan fingerprint density at radius 3 is 2.29 bits per heavy atom. The predicted molar refractivity (Wildman–Crippen MR) is 74.1 cm³/mol. The van der Waals surface area contributed by atoms with Gasteiger partial charge in [-0.05, 0) is 56.2 Å². The lowest BCUT2D eigenvalue weighted by molar-refractivity contribution is 0.195. The van der Waals surface area contributed by atoms with Gasteiger partial charge in [-0.1, -0.05) is 0 Å². The number of ether oxygens (including phenoxy) is 1. The van der Waals surface area contributed by atoms with Crippen LogP contribution in [0.4, 0.5) is 0 Å². The molecule has 4 heteroatoms. The van der Waals surface area contributed by atoms with Crippen LogP contribution in [0.3, 0.4) is 0 Å². The molecule has 0 aromatic rings. The van der Waals surface area contributed by atoms with Gasteiger partial charge in [-0.3, -0.25) is 0 Å². The van der Waals surface area contributed by atoms with Crippen LogP contribution in [-0.2, 0) is 4.74 Å². The summed E-state index contributed by atoms with van der Waals surface area (Å²) in [6.07, 6.45) is 6.61. The molecule has 3 nitrogen and oxygen atoms in total. The Morgan fingerprint density at radius 2 is 1.82 bits per heavy atom. The molecule has 0 aromatic carbocycles. The summed E-state index contributed by atoms with van der Waals surface area (Å²) in [5, 5.41) is 4.32. The first-order valence-corrected chi connectivity index (χ1v) is 7.22. The zero-order valence-corrected chi connectivity index (χ0v) is 11.6. The lowest BCUT2D eigenvalue weighted by atomic mass is 10.3. The van der Waals surface area contributed by atoms with Gasteiger partial charge in [-0.15, -0.1) is 0 Å². The van der Waals surface area contributed by atoms with Gasteiger partial charge in [0, 0.05) is 33.4 Å². The molecule has 0 atom stereocenters. The SMILES string of the molecule is COCCCNC(=S)N(CC1CC1)CC1CC1. The maximum absolute atomic E-state index is 5.49. The molecule has 2 saturated carbocycles. The van der Waals surface area contributed by atoms with Crippen molar-refractivity contribution in [1.29, 1.82) is 0 Å². The second-order valence-corrected chi connectivity index (χ2v) is 5.76. The maximum Gasteiger partial charge on any atom is 0.168 e. The van der Waals surface area contributed by atoms with Crippen molar-refractivity contribution in [2.75, 3.05) is 33.4 Å². The summed E-state index contributed by atoms with van der Waals surface area (Å²) in [5.74, 6) is 1.82. The van der Waals surface area contributed by atoms with E-state index in [1.54, 1.807) is 7.11 Å². The van der Waals surface area contributed by atoms with Gasteiger partial charge >= 0.3 is 0 Å². The van der Waals surface area contributed by atoms with Gasteiger partial charge in [-0.2, -0.15) is 0 Å². The zero-order chi connectivity index (χ0) is 12.1. The lowest BCUT2D eigenvalue weighted by Gasteiger charge is -2.26. The summed E-state index contributed by atoms with van der Waals surface area (Å²) < 4.78 is 5.04. The molecule has 2 aliphatic rings. The number of rotatable bonds is 8. The predicted octanol–water partition coefficient (Wildman–Crippen LogP) is 2.02. The molecule has 0 aromatic heterocycles. The van der Waals surface area contributed by atoms with E-state index in [-0.39, 0.29) is 0 Å². The third-order valence-electron chi connectivity index (χ3n) is 3.44. The summed E-state index contributed by atoms with van der Waals surface area (Å²) in [4.78, 5) is 2.40. The topological polar surface area (TPSA) is 24.5 Å². The maximum atomic E-state index is 5.49. The van der Waals surface area contributed by atoms with Gasteiger partial charge in [0.25, 0.3) is 0 Å². The fourth-order valence-corrected chi connectivity index (χ4v) is 2.24. The van der Waals surface area contributed by atoms with E-state index in [0.29, 0.717) is 0 Å². The summed E-state index contributed by atoms with van der Waals surface area (Å²) >= 11 is 5.49. The Kier molecular flexibility index (Phi) is 5.04. The minimum absolute atomic E-state index is 0.806. The highest BCUT2D eigenvalue weighted by molar-refractivity contribution is 7.80. The van der Waals surface area contributed by atoms with Crippen LogP contribution in [0.2, 0.25) is 0 Å². The molecule has 0 unspecified atom stereocenters. The first-order chi connectivity index (χ1) is 8.29. The summed E-state index contributed by atoms with van der Waals surface area (Å²) in [7, 11) is 1.74. The molecule has 0 saturated heterocycles. The quantitative estimate of drug-likeness (QED) is 0.530. The molecule has 98 valence electrons. The van der Waals surface area contributed by atoms with Crippen molar-refractivity contribution >= 4 is 17.3 Å². The van der Waals surface area contributed by atoms with E-state index in [4.69, 9.17) is 17.0 Å². The Hall–Kier alpha value is -0.350. The first kappa shape index (κ1) is 13.1. The third-order valence-corrected chi connectivity index (χ3v) is 3.84. The molecule has 2 rings (SSSR count). The van der Waals surface area contributed by atoms with E-state index in [1.807, 2.05) is 0 Å². The molecule has 0 aliphatic heterocycles. The normalized spacial score (nSPS) is 19.1. The third kappa shape index (κ3) is 5.21. The van der Waals surface area contributed by atoms with Gasteiger partial charge in [0.05, 0.1) is 0 Å². The van der Waals surface area contributed by atoms with E-state index in [0.717, 1.165) is 36.5 Å². The summed E-state index contributed by atoms with van der Waals surface area (Å²) in [6, 6.07) is 0. The fourth-order valence-electron chi connectivity index (χ4n) is 1.99. The number of hydrogen-bond donors (Lipinski definition) is 1. The van der Waals surface area contributed by atoms with Crippen molar-refractivity contribution < 1.29 is 4.74 Å². The first-order valence-electron chi connectivity index (χ1n) is 6.81. The molecule has 0 spiro atoms. The van der Waals surface area contributed by atoms with Crippen LogP contribution in [0.1, 0.15) is 32.1 Å². The second-order valence-electron chi connectivity index (χ2n) is 5.37. The highest BCUT2D eigenvalue weighted by Gasteiger charge is 2.30. The average molecular weight is 256 g/mol. The zero-order valence-electron chi connectivity index (χ0n) is 10.8. The van der Waals surface area contributed by atoms with Crippen LogP contribution < -0.4 is 5.32 Å². The summed E-state index contributed by atoms with van der Waals surface area (Å²) in [5.41, 5.74) is 0. The second kappa shape index (κ2) is 6.55. The van der Waals surface area contributed by atoms with Crippen LogP contribution in [0.15, 0.2) is 0 Å². The van der Waals surface area contributed by atoms with Crippen molar-refractivity contribution in [3.05, 3.63) is 0 Å². The molecule has 1 N–H and O–H groups in total.